The Morgan fingerprint density at radius 1 is 1.64 bits per heavy atom. The van der Waals surface area contributed by atoms with Crippen molar-refractivity contribution in [2.75, 3.05) is 13.1 Å². The van der Waals surface area contributed by atoms with Gasteiger partial charge < -0.3 is 10.6 Å². The van der Waals surface area contributed by atoms with E-state index in [2.05, 4.69) is 0 Å². The predicted molar refractivity (Wildman–Crippen MR) is 39.5 cm³/mol. The van der Waals surface area contributed by atoms with Crippen LogP contribution >= 0.6 is 0 Å². The van der Waals surface area contributed by atoms with Crippen molar-refractivity contribution in [2.24, 2.45) is 5.73 Å². The van der Waals surface area contributed by atoms with Crippen LogP contribution in [0.5, 0.6) is 0 Å². The Hall–Kier alpha value is -0.900. The molecule has 4 heteroatoms. The van der Waals surface area contributed by atoms with E-state index in [0.29, 0.717) is 0 Å². The summed E-state index contributed by atoms with van der Waals surface area (Å²) in [5.74, 6) is -0.157. The smallest absolute Gasteiger partial charge is 0.236 e. The van der Waals surface area contributed by atoms with Crippen LogP contribution in [0.4, 0.5) is 0 Å². The number of nitrogens with two attached hydrogens (primary N) is 1. The highest BCUT2D eigenvalue weighted by Crippen LogP contribution is 2.25. The van der Waals surface area contributed by atoms with E-state index < -0.39 is 0 Å². The van der Waals surface area contributed by atoms with Gasteiger partial charge in [-0.3, -0.25) is 9.59 Å². The minimum absolute atomic E-state index is 0.0157. The Balaban J connectivity index is 2.43. The van der Waals surface area contributed by atoms with Crippen LogP contribution in [-0.4, -0.2) is 36.2 Å². The molecule has 1 radical (unpaired) electrons. The quantitative estimate of drug-likeness (QED) is 0.569. The summed E-state index contributed by atoms with van der Waals surface area (Å²) in [4.78, 5) is 22.5. The van der Waals surface area contributed by atoms with E-state index in [9.17, 15) is 9.59 Å². The first kappa shape index (κ1) is 8.20. The Kier molecular flexibility index (Phi) is 2.59. The Bertz CT molecular complexity index is 166. The molecule has 1 fully saturated rings. The zero-order valence-corrected chi connectivity index (χ0v) is 6.25. The van der Waals surface area contributed by atoms with E-state index in [1.54, 1.807) is 6.29 Å². The molecule has 0 atom stereocenters. The second kappa shape index (κ2) is 3.48. The zero-order chi connectivity index (χ0) is 8.27. The fraction of sp³-hybridized carbons (Fsp3) is 0.714. The van der Waals surface area contributed by atoms with Crippen LogP contribution in [0.1, 0.15) is 12.8 Å². The maximum atomic E-state index is 11.0. The van der Waals surface area contributed by atoms with Gasteiger partial charge in [-0.25, -0.2) is 0 Å². The second-order valence-electron chi connectivity index (χ2n) is 2.60. The van der Waals surface area contributed by atoms with Gasteiger partial charge in [0, 0.05) is 6.04 Å². The molecule has 0 saturated heterocycles. The molecular formula is C7H11N2O2. The third-order valence-corrected chi connectivity index (χ3v) is 1.72. The molecule has 1 rings (SSSR count). The van der Waals surface area contributed by atoms with E-state index in [4.69, 9.17) is 5.73 Å². The molecule has 0 aromatic rings. The second-order valence-corrected chi connectivity index (χ2v) is 2.60. The molecule has 0 aromatic carbocycles. The number of carbonyl (C=O) groups is 1. The van der Waals surface area contributed by atoms with Gasteiger partial charge in [0.1, 0.15) is 0 Å². The third-order valence-electron chi connectivity index (χ3n) is 1.72. The highest BCUT2D eigenvalue weighted by molar-refractivity contribution is 5.80. The maximum absolute atomic E-state index is 11.0. The van der Waals surface area contributed by atoms with Gasteiger partial charge in [-0.15, -0.1) is 0 Å². The Labute approximate surface area is 65.3 Å². The van der Waals surface area contributed by atoms with Gasteiger partial charge in [0.2, 0.25) is 12.2 Å². The van der Waals surface area contributed by atoms with Crippen molar-refractivity contribution in [3.05, 3.63) is 0 Å². The van der Waals surface area contributed by atoms with E-state index in [1.165, 1.54) is 4.90 Å². The van der Waals surface area contributed by atoms with E-state index in [1.807, 2.05) is 0 Å². The third kappa shape index (κ3) is 2.01. The van der Waals surface area contributed by atoms with Crippen LogP contribution in [0.2, 0.25) is 0 Å². The number of nitrogens with zero attached hydrogens (tertiary/aromatic N) is 1. The monoisotopic (exact) mass is 155 g/mol. The molecule has 1 aliphatic rings. The normalized spacial score (nSPS) is 16.1. The molecule has 2 N–H and O–H groups in total. The summed E-state index contributed by atoms with van der Waals surface area (Å²) in [7, 11) is 0. The number of rotatable bonds is 4. The van der Waals surface area contributed by atoms with Crippen molar-refractivity contribution < 1.29 is 9.59 Å². The van der Waals surface area contributed by atoms with Crippen molar-refractivity contribution in [3.63, 3.8) is 0 Å². The van der Waals surface area contributed by atoms with Gasteiger partial charge in [0.15, 0.2) is 0 Å². The first-order valence-electron chi connectivity index (χ1n) is 3.64. The lowest BCUT2D eigenvalue weighted by Gasteiger charge is -2.17. The molecule has 0 aromatic heterocycles. The molecule has 0 bridgehead atoms. The van der Waals surface area contributed by atoms with Gasteiger partial charge in [0.05, 0.1) is 13.1 Å². The number of hydrogen-bond donors (Lipinski definition) is 1. The molecule has 1 saturated carbocycles. The fourth-order valence-electron chi connectivity index (χ4n) is 0.994. The Morgan fingerprint density at radius 3 is 2.64 bits per heavy atom. The SMILES string of the molecule is NCC(=O)N(C[C]=O)C1CC1. The lowest BCUT2D eigenvalue weighted by Crippen LogP contribution is -2.38. The minimum atomic E-state index is -0.157. The van der Waals surface area contributed by atoms with Crippen LogP contribution in [-0.2, 0) is 9.59 Å². The van der Waals surface area contributed by atoms with Crippen molar-refractivity contribution in [1.82, 2.24) is 4.90 Å². The largest absolute Gasteiger partial charge is 0.331 e. The summed E-state index contributed by atoms with van der Waals surface area (Å²) in [6.45, 7) is 0.0544. The summed E-state index contributed by atoms with van der Waals surface area (Å²) in [6.07, 6.45) is 3.69. The lowest BCUT2D eigenvalue weighted by atomic mass is 10.4. The van der Waals surface area contributed by atoms with Crippen LogP contribution in [0, 0.1) is 0 Å². The van der Waals surface area contributed by atoms with Crippen LogP contribution in [0.3, 0.4) is 0 Å². The summed E-state index contributed by atoms with van der Waals surface area (Å²) < 4.78 is 0. The zero-order valence-electron chi connectivity index (χ0n) is 6.25. The maximum Gasteiger partial charge on any atom is 0.236 e. The molecule has 0 heterocycles. The summed E-state index contributed by atoms with van der Waals surface area (Å²) in [5.41, 5.74) is 5.15. The summed E-state index contributed by atoms with van der Waals surface area (Å²) >= 11 is 0. The molecule has 11 heavy (non-hydrogen) atoms. The average Bonchev–Trinajstić information content (AvgIpc) is 2.81. The van der Waals surface area contributed by atoms with E-state index >= 15 is 0 Å². The molecule has 4 nitrogen and oxygen atoms in total. The standard InChI is InChI=1S/C7H11N2O2/c8-5-7(11)9(3-4-10)6-1-2-6/h6H,1-3,5,8H2. The van der Waals surface area contributed by atoms with Crippen LogP contribution < -0.4 is 5.73 Å². The van der Waals surface area contributed by atoms with Gasteiger partial charge in [-0.05, 0) is 12.8 Å². The first-order valence-corrected chi connectivity index (χ1v) is 3.64. The number of hydrogen-bond acceptors (Lipinski definition) is 3. The van der Waals surface area contributed by atoms with E-state index in [-0.39, 0.29) is 25.0 Å². The number of carbonyl (C=O) groups excluding carboxylic acids is 2. The van der Waals surface area contributed by atoms with Crippen molar-refractivity contribution in [1.29, 1.82) is 0 Å². The molecule has 0 aliphatic heterocycles. The Morgan fingerprint density at radius 2 is 2.27 bits per heavy atom. The van der Waals surface area contributed by atoms with Gasteiger partial charge in [-0.1, -0.05) is 0 Å². The van der Waals surface area contributed by atoms with Crippen molar-refractivity contribution >= 4 is 12.2 Å². The molecular weight excluding hydrogens is 144 g/mol. The van der Waals surface area contributed by atoms with Gasteiger partial charge in [0.25, 0.3) is 0 Å². The van der Waals surface area contributed by atoms with Crippen LogP contribution in [0.25, 0.3) is 0 Å². The molecule has 0 unspecified atom stereocenters. The molecule has 0 spiro atoms. The topological polar surface area (TPSA) is 63.4 Å². The van der Waals surface area contributed by atoms with Crippen molar-refractivity contribution in [3.8, 4) is 0 Å². The summed E-state index contributed by atoms with van der Waals surface area (Å²) in [5, 5.41) is 0. The highest BCUT2D eigenvalue weighted by Gasteiger charge is 2.31. The van der Waals surface area contributed by atoms with Crippen LogP contribution in [0.15, 0.2) is 0 Å². The molecule has 1 aliphatic carbocycles. The average molecular weight is 155 g/mol. The van der Waals surface area contributed by atoms with Crippen molar-refractivity contribution in [2.45, 2.75) is 18.9 Å². The summed E-state index contributed by atoms with van der Waals surface area (Å²) in [6, 6.07) is 0.257. The van der Waals surface area contributed by atoms with E-state index in [0.717, 1.165) is 12.8 Å². The fourth-order valence-corrected chi connectivity index (χ4v) is 0.994. The minimum Gasteiger partial charge on any atom is -0.331 e. The molecule has 61 valence electrons. The number of amides is 1. The van der Waals surface area contributed by atoms with Gasteiger partial charge in [-0.2, -0.15) is 0 Å². The highest BCUT2D eigenvalue weighted by atomic mass is 16.2. The predicted octanol–water partition coefficient (Wildman–Crippen LogP) is -0.954. The lowest BCUT2D eigenvalue weighted by molar-refractivity contribution is -0.129. The first-order chi connectivity index (χ1) is 5.29. The van der Waals surface area contributed by atoms with Gasteiger partial charge >= 0.3 is 0 Å². The molecule has 1 amide bonds.